The lowest BCUT2D eigenvalue weighted by atomic mass is 9.49. The first kappa shape index (κ1) is 17.0. The van der Waals surface area contributed by atoms with Crippen LogP contribution in [0.3, 0.4) is 0 Å². The molecule has 0 radical (unpaired) electrons. The molecule has 5 heteroatoms. The lowest BCUT2D eigenvalue weighted by molar-refractivity contribution is -0.174. The molecule has 146 valence electrons. The predicted molar refractivity (Wildman–Crippen MR) is 102 cm³/mol. The van der Waals surface area contributed by atoms with E-state index in [0.29, 0.717) is 30.1 Å². The van der Waals surface area contributed by atoms with Crippen LogP contribution in [0, 0.1) is 45.8 Å². The number of ether oxygens (including phenoxy) is 1. The monoisotopic (exact) mass is 389 g/mol. The van der Waals surface area contributed by atoms with Crippen LogP contribution in [-0.4, -0.2) is 17.6 Å². The highest BCUT2D eigenvalue weighted by atomic mass is 35.5. The highest BCUT2D eigenvalue weighted by molar-refractivity contribution is 6.30. The minimum atomic E-state index is -0.302. The van der Waals surface area contributed by atoms with Crippen molar-refractivity contribution >= 4 is 17.6 Å². The van der Waals surface area contributed by atoms with Crippen LogP contribution in [0.5, 0.6) is 0 Å². The van der Waals surface area contributed by atoms with Crippen molar-refractivity contribution in [3.05, 3.63) is 15.5 Å². The average molecular weight is 390 g/mol. The smallest absolute Gasteiger partial charge is 0.306 e. The number of nitroso groups, excluding NO2 is 1. The van der Waals surface area contributed by atoms with Crippen molar-refractivity contribution in [2.45, 2.75) is 76.4 Å². The van der Waals surface area contributed by atoms with E-state index in [4.69, 9.17) is 16.3 Å². The van der Waals surface area contributed by atoms with Crippen molar-refractivity contribution in [1.29, 1.82) is 0 Å². The van der Waals surface area contributed by atoms with Crippen molar-refractivity contribution in [2.75, 3.05) is 0 Å². The van der Waals surface area contributed by atoms with Crippen LogP contribution in [-0.2, 0) is 9.53 Å². The van der Waals surface area contributed by atoms with Gasteiger partial charge in [-0.25, -0.2) is 0 Å². The molecule has 1 heterocycles. The third kappa shape index (κ3) is 1.94. The maximum absolute atomic E-state index is 12.1. The third-order valence-corrected chi connectivity index (χ3v) is 10.3. The Morgan fingerprint density at radius 1 is 1.07 bits per heavy atom. The third-order valence-electron chi connectivity index (χ3n) is 9.80. The fraction of sp³-hybridized carbons (Fsp3) is 0.864. The fourth-order valence-electron chi connectivity index (χ4n) is 8.82. The van der Waals surface area contributed by atoms with Gasteiger partial charge < -0.3 is 4.74 Å². The Labute approximate surface area is 165 Å². The van der Waals surface area contributed by atoms with Gasteiger partial charge in [0.05, 0.1) is 0 Å². The molecule has 6 rings (SSSR count). The number of rotatable bonds is 1. The van der Waals surface area contributed by atoms with E-state index in [1.165, 1.54) is 31.3 Å². The summed E-state index contributed by atoms with van der Waals surface area (Å²) in [5, 5.41) is 4.04. The summed E-state index contributed by atoms with van der Waals surface area (Å²) in [4.78, 5) is 23.2. The SMILES string of the molecule is C[C@]12CCC3C(CCC4=C(Cl)C(N=O)CC[C@@H]43)C1C1CC1[C@@]21CCC(=O)O1. The molecule has 0 amide bonds. The Balaban J connectivity index is 1.35. The van der Waals surface area contributed by atoms with Crippen molar-refractivity contribution in [3.8, 4) is 0 Å². The van der Waals surface area contributed by atoms with Gasteiger partial charge in [0.2, 0.25) is 0 Å². The van der Waals surface area contributed by atoms with E-state index < -0.39 is 0 Å². The summed E-state index contributed by atoms with van der Waals surface area (Å²) in [6.07, 6.45) is 9.33. The van der Waals surface area contributed by atoms with Crippen molar-refractivity contribution in [1.82, 2.24) is 0 Å². The summed E-state index contributed by atoms with van der Waals surface area (Å²) in [5.41, 5.74) is 1.36. The zero-order chi connectivity index (χ0) is 18.6. The van der Waals surface area contributed by atoms with Gasteiger partial charge in [0, 0.05) is 22.8 Å². The molecule has 5 fully saturated rings. The Hall–Kier alpha value is -0.900. The molecule has 27 heavy (non-hydrogen) atoms. The second-order valence-electron chi connectivity index (χ2n) is 10.4. The number of halogens is 1. The number of allylic oxidation sites excluding steroid dienone is 1. The zero-order valence-corrected chi connectivity index (χ0v) is 16.7. The lowest BCUT2D eigenvalue weighted by Crippen LogP contribution is -2.55. The lowest BCUT2D eigenvalue weighted by Gasteiger charge is -2.57. The van der Waals surface area contributed by atoms with E-state index in [0.717, 1.165) is 42.6 Å². The molecular formula is C22H28ClNO3. The Morgan fingerprint density at radius 2 is 1.93 bits per heavy atom. The number of carbonyl (C=O) groups excluding carboxylic acids is 1. The maximum Gasteiger partial charge on any atom is 0.306 e. The maximum atomic E-state index is 12.1. The first-order chi connectivity index (χ1) is 13.0. The van der Waals surface area contributed by atoms with Crippen molar-refractivity contribution < 1.29 is 9.53 Å². The van der Waals surface area contributed by atoms with Crippen LogP contribution < -0.4 is 0 Å². The molecule has 1 spiro atoms. The van der Waals surface area contributed by atoms with Crippen LogP contribution in [0.25, 0.3) is 0 Å². The molecule has 0 bridgehead atoms. The Morgan fingerprint density at radius 3 is 2.67 bits per heavy atom. The second-order valence-corrected chi connectivity index (χ2v) is 10.8. The number of hydrogen-bond donors (Lipinski definition) is 0. The fourth-order valence-corrected chi connectivity index (χ4v) is 9.20. The van der Waals surface area contributed by atoms with Crippen LogP contribution in [0.4, 0.5) is 0 Å². The van der Waals surface area contributed by atoms with Gasteiger partial charge in [-0.2, -0.15) is 4.91 Å². The molecular weight excluding hydrogens is 362 g/mol. The number of nitrogens with zero attached hydrogens (tertiary/aromatic N) is 1. The molecule has 0 N–H and O–H groups in total. The normalized spacial score (nSPS) is 55.5. The molecule has 0 aromatic rings. The largest absolute Gasteiger partial charge is 0.458 e. The summed E-state index contributed by atoms with van der Waals surface area (Å²) in [6, 6.07) is -0.302. The molecule has 1 saturated heterocycles. The molecule has 4 nitrogen and oxygen atoms in total. The van der Waals surface area contributed by atoms with Gasteiger partial charge in [0.25, 0.3) is 0 Å². The topological polar surface area (TPSA) is 55.7 Å². The van der Waals surface area contributed by atoms with Crippen LogP contribution in [0.15, 0.2) is 15.8 Å². The number of carbonyl (C=O) groups is 1. The van der Waals surface area contributed by atoms with Crippen LogP contribution in [0.2, 0.25) is 0 Å². The van der Waals surface area contributed by atoms with E-state index in [2.05, 4.69) is 12.1 Å². The quantitative estimate of drug-likeness (QED) is 0.458. The molecule has 6 unspecified atom stereocenters. The second kappa shape index (κ2) is 5.37. The molecule has 4 saturated carbocycles. The standard InChI is InChI=1S/C22H28ClNO3/c1-21-8-6-12-11-4-5-17(24-26)20(23)14(11)3-2-13(12)19(21)15-10-16(15)22(21)9-7-18(25)27-22/h11-13,15-17,19H,2-10H2,1H3/t11-,12?,13?,15?,16?,17?,19?,21+,22+/m1/s1. The van der Waals surface area contributed by atoms with E-state index in [9.17, 15) is 9.70 Å². The number of esters is 1. The van der Waals surface area contributed by atoms with E-state index in [1.807, 2.05) is 0 Å². The van der Waals surface area contributed by atoms with E-state index in [-0.39, 0.29) is 23.0 Å². The van der Waals surface area contributed by atoms with Gasteiger partial charge >= 0.3 is 5.97 Å². The Bertz CT molecular complexity index is 765. The van der Waals surface area contributed by atoms with Crippen molar-refractivity contribution in [2.24, 2.45) is 46.1 Å². The number of hydrogen-bond acceptors (Lipinski definition) is 4. The molecule has 0 aromatic heterocycles. The average Bonchev–Trinajstić information content (AvgIpc) is 3.30. The Kier molecular flexibility index (Phi) is 3.38. The van der Waals surface area contributed by atoms with Gasteiger partial charge in [-0.1, -0.05) is 23.7 Å². The highest BCUT2D eigenvalue weighted by Crippen LogP contribution is 2.78. The molecule has 1 aliphatic heterocycles. The van der Waals surface area contributed by atoms with Crippen LogP contribution in [0.1, 0.15) is 64.7 Å². The summed E-state index contributed by atoms with van der Waals surface area (Å²) < 4.78 is 6.15. The summed E-state index contributed by atoms with van der Waals surface area (Å²) >= 11 is 6.61. The molecule has 5 aliphatic carbocycles. The van der Waals surface area contributed by atoms with Gasteiger partial charge in [-0.15, -0.1) is 0 Å². The van der Waals surface area contributed by atoms with Gasteiger partial charge in [-0.3, -0.25) is 4.79 Å². The first-order valence-electron chi connectivity index (χ1n) is 10.9. The van der Waals surface area contributed by atoms with E-state index in [1.54, 1.807) is 0 Å². The van der Waals surface area contributed by atoms with Gasteiger partial charge in [-0.05, 0) is 86.5 Å². The number of fused-ring (bicyclic) bond motifs is 9. The zero-order valence-electron chi connectivity index (χ0n) is 16.0. The highest BCUT2D eigenvalue weighted by Gasteiger charge is 2.78. The molecule has 6 aliphatic rings. The summed E-state index contributed by atoms with van der Waals surface area (Å²) in [6.45, 7) is 2.45. The molecule has 9 atom stereocenters. The molecule has 0 aromatic carbocycles. The predicted octanol–water partition coefficient (Wildman–Crippen LogP) is 5.19. The summed E-state index contributed by atoms with van der Waals surface area (Å²) in [5.74, 6) is 4.10. The summed E-state index contributed by atoms with van der Waals surface area (Å²) in [7, 11) is 0. The minimum absolute atomic E-state index is 0.0324. The van der Waals surface area contributed by atoms with Gasteiger partial charge in [0.15, 0.2) is 0 Å². The van der Waals surface area contributed by atoms with E-state index >= 15 is 0 Å². The minimum Gasteiger partial charge on any atom is -0.458 e. The van der Waals surface area contributed by atoms with Crippen LogP contribution >= 0.6 is 11.6 Å². The van der Waals surface area contributed by atoms with Gasteiger partial charge in [0.1, 0.15) is 11.6 Å². The first-order valence-corrected chi connectivity index (χ1v) is 11.3. The van der Waals surface area contributed by atoms with Crippen molar-refractivity contribution in [3.63, 3.8) is 0 Å².